The molecule has 0 aliphatic rings. The van der Waals surface area contributed by atoms with E-state index in [1.54, 1.807) is 0 Å². The van der Waals surface area contributed by atoms with Gasteiger partial charge in [0.15, 0.2) is 5.78 Å². The van der Waals surface area contributed by atoms with E-state index in [1.165, 1.54) is 0 Å². The molecule has 0 aliphatic carbocycles. The quantitative estimate of drug-likeness (QED) is 0.664. The zero-order valence-corrected chi connectivity index (χ0v) is 9.92. The van der Waals surface area contributed by atoms with Crippen molar-refractivity contribution < 1.29 is 4.79 Å². The largest absolute Gasteiger partial charge is 0.294 e. The number of carbonyl (C=O) groups excluding carboxylic acids is 1. The summed E-state index contributed by atoms with van der Waals surface area (Å²) in [5.41, 5.74) is 2.32. The van der Waals surface area contributed by atoms with Crippen molar-refractivity contribution in [1.29, 1.82) is 0 Å². The van der Waals surface area contributed by atoms with Gasteiger partial charge in [0.2, 0.25) is 0 Å². The Balaban J connectivity index is 3.26. The Bertz CT molecular complexity index is 394. The fraction of sp³-hybridized carbons (Fsp3) is 0.357. The van der Waals surface area contributed by atoms with Crippen molar-refractivity contribution in [1.82, 2.24) is 0 Å². The molecule has 0 atom stereocenters. The molecule has 0 spiro atoms. The standard InChI is InChI=1S/C14H18O/c1-10(2)11-8-6-7-9-12(11)13(15)14(3,4)5/h6-9H,1H2,2-5H3. The first-order chi connectivity index (χ1) is 6.84. The highest BCUT2D eigenvalue weighted by atomic mass is 16.1. The number of hydrogen-bond donors (Lipinski definition) is 0. The Morgan fingerprint density at radius 2 is 1.60 bits per heavy atom. The molecule has 0 N–H and O–H groups in total. The van der Waals surface area contributed by atoms with Gasteiger partial charge in [-0.15, -0.1) is 0 Å². The predicted molar refractivity (Wildman–Crippen MR) is 64.9 cm³/mol. The van der Waals surface area contributed by atoms with Crippen molar-refractivity contribution in [2.75, 3.05) is 0 Å². The number of carbonyl (C=O) groups is 1. The van der Waals surface area contributed by atoms with Gasteiger partial charge in [0, 0.05) is 11.0 Å². The normalized spacial score (nSPS) is 11.2. The lowest BCUT2D eigenvalue weighted by molar-refractivity contribution is 0.0858. The van der Waals surface area contributed by atoms with Crippen LogP contribution in [0.3, 0.4) is 0 Å². The lowest BCUT2D eigenvalue weighted by Gasteiger charge is -2.18. The monoisotopic (exact) mass is 202 g/mol. The van der Waals surface area contributed by atoms with Gasteiger partial charge in [-0.2, -0.15) is 0 Å². The first-order valence-electron chi connectivity index (χ1n) is 5.14. The van der Waals surface area contributed by atoms with Gasteiger partial charge in [-0.25, -0.2) is 0 Å². The van der Waals surface area contributed by atoms with Gasteiger partial charge in [0.1, 0.15) is 0 Å². The van der Waals surface area contributed by atoms with Gasteiger partial charge < -0.3 is 0 Å². The molecule has 15 heavy (non-hydrogen) atoms. The topological polar surface area (TPSA) is 17.1 Å². The number of rotatable bonds is 2. The molecular weight excluding hydrogens is 184 g/mol. The molecule has 1 aromatic carbocycles. The molecular formula is C14H18O. The molecule has 1 aromatic rings. The average Bonchev–Trinajstić information content (AvgIpc) is 2.15. The minimum atomic E-state index is -0.342. The minimum absolute atomic E-state index is 0.168. The zero-order chi connectivity index (χ0) is 11.6. The second-order valence-corrected chi connectivity index (χ2v) is 4.91. The van der Waals surface area contributed by atoms with E-state index in [9.17, 15) is 4.79 Å². The zero-order valence-electron chi connectivity index (χ0n) is 9.92. The Morgan fingerprint density at radius 1 is 1.13 bits per heavy atom. The second kappa shape index (κ2) is 4.01. The third kappa shape index (κ3) is 2.56. The summed E-state index contributed by atoms with van der Waals surface area (Å²) in [6, 6.07) is 7.65. The van der Waals surface area contributed by atoms with E-state index in [1.807, 2.05) is 52.0 Å². The van der Waals surface area contributed by atoms with E-state index < -0.39 is 0 Å². The van der Waals surface area contributed by atoms with E-state index in [0.29, 0.717) is 0 Å². The van der Waals surface area contributed by atoms with Gasteiger partial charge in [-0.1, -0.05) is 57.2 Å². The number of ketones is 1. The van der Waals surface area contributed by atoms with Crippen molar-refractivity contribution >= 4 is 11.4 Å². The summed E-state index contributed by atoms with van der Waals surface area (Å²) in [7, 11) is 0. The highest BCUT2D eigenvalue weighted by Crippen LogP contribution is 2.25. The molecule has 0 fully saturated rings. The molecule has 0 unspecified atom stereocenters. The summed E-state index contributed by atoms with van der Waals surface area (Å²) in [6.07, 6.45) is 0. The van der Waals surface area contributed by atoms with Crippen molar-refractivity contribution in [2.24, 2.45) is 5.41 Å². The average molecular weight is 202 g/mol. The van der Waals surface area contributed by atoms with Crippen molar-refractivity contribution in [3.63, 3.8) is 0 Å². The van der Waals surface area contributed by atoms with Crippen LogP contribution in [0, 0.1) is 5.41 Å². The maximum Gasteiger partial charge on any atom is 0.168 e. The molecule has 1 heteroatoms. The summed E-state index contributed by atoms with van der Waals surface area (Å²) >= 11 is 0. The molecule has 0 bridgehead atoms. The van der Waals surface area contributed by atoms with Crippen LogP contribution in [-0.4, -0.2) is 5.78 Å². The smallest absolute Gasteiger partial charge is 0.168 e. The Morgan fingerprint density at radius 3 is 2.00 bits per heavy atom. The van der Waals surface area contributed by atoms with Crippen LogP contribution in [0.4, 0.5) is 0 Å². The van der Waals surface area contributed by atoms with Gasteiger partial charge in [0.25, 0.3) is 0 Å². The summed E-state index contributed by atoms with van der Waals surface area (Å²) in [5, 5.41) is 0. The van der Waals surface area contributed by atoms with E-state index in [0.717, 1.165) is 16.7 Å². The van der Waals surface area contributed by atoms with Gasteiger partial charge in [0.05, 0.1) is 0 Å². The SMILES string of the molecule is C=C(C)c1ccccc1C(=O)C(C)(C)C. The molecule has 0 saturated carbocycles. The molecule has 0 radical (unpaired) electrons. The Kier molecular flexibility index (Phi) is 3.13. The van der Waals surface area contributed by atoms with Crippen LogP contribution in [0.25, 0.3) is 5.57 Å². The van der Waals surface area contributed by atoms with Crippen molar-refractivity contribution in [3.8, 4) is 0 Å². The molecule has 0 aromatic heterocycles. The van der Waals surface area contributed by atoms with E-state index in [4.69, 9.17) is 0 Å². The summed E-state index contributed by atoms with van der Waals surface area (Å²) in [6.45, 7) is 11.6. The summed E-state index contributed by atoms with van der Waals surface area (Å²) < 4.78 is 0. The number of benzene rings is 1. The molecule has 0 aliphatic heterocycles. The van der Waals surface area contributed by atoms with Gasteiger partial charge in [-0.3, -0.25) is 4.79 Å². The fourth-order valence-electron chi connectivity index (χ4n) is 1.46. The van der Waals surface area contributed by atoms with Crippen LogP contribution in [0.5, 0.6) is 0 Å². The van der Waals surface area contributed by atoms with Crippen LogP contribution in [-0.2, 0) is 0 Å². The lowest BCUT2D eigenvalue weighted by Crippen LogP contribution is -2.21. The molecule has 0 amide bonds. The maximum atomic E-state index is 12.2. The molecule has 1 nitrogen and oxygen atoms in total. The second-order valence-electron chi connectivity index (χ2n) is 4.91. The number of hydrogen-bond acceptors (Lipinski definition) is 1. The first-order valence-corrected chi connectivity index (χ1v) is 5.14. The van der Waals surface area contributed by atoms with Crippen LogP contribution in [0.15, 0.2) is 30.8 Å². The number of allylic oxidation sites excluding steroid dienone is 1. The maximum absolute atomic E-state index is 12.2. The molecule has 80 valence electrons. The summed E-state index contributed by atoms with van der Waals surface area (Å²) in [4.78, 5) is 12.2. The Hall–Kier alpha value is -1.37. The van der Waals surface area contributed by atoms with Crippen LogP contribution in [0.1, 0.15) is 43.6 Å². The van der Waals surface area contributed by atoms with E-state index >= 15 is 0 Å². The highest BCUT2D eigenvalue weighted by Gasteiger charge is 2.24. The lowest BCUT2D eigenvalue weighted by atomic mass is 9.84. The van der Waals surface area contributed by atoms with Crippen LogP contribution < -0.4 is 0 Å². The van der Waals surface area contributed by atoms with Crippen molar-refractivity contribution in [3.05, 3.63) is 42.0 Å². The fourth-order valence-corrected chi connectivity index (χ4v) is 1.46. The summed E-state index contributed by atoms with van der Waals surface area (Å²) in [5.74, 6) is 0.168. The molecule has 1 rings (SSSR count). The minimum Gasteiger partial charge on any atom is -0.294 e. The highest BCUT2D eigenvalue weighted by molar-refractivity contribution is 6.03. The van der Waals surface area contributed by atoms with E-state index in [-0.39, 0.29) is 11.2 Å². The van der Waals surface area contributed by atoms with Crippen LogP contribution in [0.2, 0.25) is 0 Å². The third-order valence-corrected chi connectivity index (χ3v) is 2.31. The Labute approximate surface area is 91.8 Å². The third-order valence-electron chi connectivity index (χ3n) is 2.31. The van der Waals surface area contributed by atoms with Gasteiger partial charge in [-0.05, 0) is 12.5 Å². The van der Waals surface area contributed by atoms with E-state index in [2.05, 4.69) is 6.58 Å². The number of Topliss-reactive ketones (excluding diaryl/α,β-unsaturated/α-hetero) is 1. The predicted octanol–water partition coefficient (Wildman–Crippen LogP) is 3.95. The molecule has 0 saturated heterocycles. The van der Waals surface area contributed by atoms with Crippen LogP contribution >= 0.6 is 0 Å². The molecule has 0 heterocycles. The first kappa shape index (κ1) is 11.7. The van der Waals surface area contributed by atoms with Gasteiger partial charge >= 0.3 is 0 Å². The van der Waals surface area contributed by atoms with Crippen molar-refractivity contribution in [2.45, 2.75) is 27.7 Å².